The van der Waals surface area contributed by atoms with Gasteiger partial charge in [0, 0.05) is 30.7 Å². The van der Waals surface area contributed by atoms with E-state index in [1.807, 2.05) is 53.1 Å². The van der Waals surface area contributed by atoms with Crippen LogP contribution in [-0.4, -0.2) is 42.3 Å². The summed E-state index contributed by atoms with van der Waals surface area (Å²) in [7, 11) is 0. The number of benzene rings is 2. The molecule has 0 unspecified atom stereocenters. The summed E-state index contributed by atoms with van der Waals surface area (Å²) in [5.74, 6) is 0.327. The highest BCUT2D eigenvalue weighted by Crippen LogP contribution is 2.39. The summed E-state index contributed by atoms with van der Waals surface area (Å²) in [5.41, 5.74) is 2.85. The van der Waals surface area contributed by atoms with E-state index >= 15 is 0 Å². The zero-order chi connectivity index (χ0) is 25.6. The van der Waals surface area contributed by atoms with Crippen LogP contribution in [0.5, 0.6) is 0 Å². The van der Waals surface area contributed by atoms with Crippen LogP contribution in [0.15, 0.2) is 65.4 Å². The molecule has 5 aromatic rings. The highest BCUT2D eigenvalue weighted by molar-refractivity contribution is 6.38. The van der Waals surface area contributed by atoms with Crippen LogP contribution < -0.4 is 10.6 Å². The molecule has 3 heterocycles. The smallest absolute Gasteiger partial charge is 0.255 e. The molecule has 0 spiro atoms. The number of aromatic amines is 1. The standard InChI is InChI=1S/C26H22ClN7O3/c1-15-31-23(33-37-15)22-21(27)19-4-2-3-5-20(19)34(22)18-8-6-16(7-9-18)12-28-25(36)26(10-11-26)32-24(35)17-13-29-30-14-17/h2-9,13-14H,10-12H2,1H3,(H,28,36)(H,29,30)(H,32,35). The number of hydrogen-bond donors (Lipinski definition) is 3. The number of amides is 2. The Morgan fingerprint density at radius 2 is 1.95 bits per heavy atom. The first-order chi connectivity index (χ1) is 17.9. The lowest BCUT2D eigenvalue weighted by Crippen LogP contribution is -2.48. The van der Waals surface area contributed by atoms with Crippen molar-refractivity contribution in [2.24, 2.45) is 0 Å². The Morgan fingerprint density at radius 3 is 2.62 bits per heavy atom. The van der Waals surface area contributed by atoms with Crippen molar-refractivity contribution in [1.29, 1.82) is 0 Å². The van der Waals surface area contributed by atoms with Crippen LogP contribution in [0.1, 0.15) is 34.7 Å². The van der Waals surface area contributed by atoms with E-state index in [2.05, 4.69) is 31.0 Å². The number of nitrogens with one attached hydrogen (secondary N) is 3. The van der Waals surface area contributed by atoms with E-state index in [1.54, 1.807) is 6.92 Å². The fourth-order valence-corrected chi connectivity index (χ4v) is 4.70. The van der Waals surface area contributed by atoms with Crippen LogP contribution in [-0.2, 0) is 11.3 Å². The maximum Gasteiger partial charge on any atom is 0.255 e. The van der Waals surface area contributed by atoms with Gasteiger partial charge in [0.2, 0.25) is 17.6 Å². The molecule has 10 nitrogen and oxygen atoms in total. The fraction of sp³-hybridized carbons (Fsp3) is 0.192. The summed E-state index contributed by atoms with van der Waals surface area (Å²) in [5, 5.41) is 17.7. The van der Waals surface area contributed by atoms with Gasteiger partial charge in [0.25, 0.3) is 5.91 Å². The number of fused-ring (bicyclic) bond motifs is 1. The second-order valence-electron chi connectivity index (χ2n) is 9.02. The van der Waals surface area contributed by atoms with Gasteiger partial charge in [-0.2, -0.15) is 10.1 Å². The topological polar surface area (TPSA) is 131 Å². The molecule has 2 aromatic carbocycles. The highest BCUT2D eigenvalue weighted by atomic mass is 35.5. The molecule has 0 radical (unpaired) electrons. The molecule has 0 aliphatic heterocycles. The summed E-state index contributed by atoms with van der Waals surface area (Å²) in [6.07, 6.45) is 4.12. The Morgan fingerprint density at radius 1 is 1.16 bits per heavy atom. The number of para-hydroxylation sites is 1. The summed E-state index contributed by atoms with van der Waals surface area (Å²) < 4.78 is 7.20. The molecule has 0 saturated heterocycles. The van der Waals surface area contributed by atoms with E-state index in [1.165, 1.54) is 12.4 Å². The third kappa shape index (κ3) is 4.15. The molecule has 186 valence electrons. The second kappa shape index (κ2) is 8.90. The lowest BCUT2D eigenvalue weighted by molar-refractivity contribution is -0.124. The first-order valence-corrected chi connectivity index (χ1v) is 12.1. The summed E-state index contributed by atoms with van der Waals surface area (Å²) >= 11 is 6.76. The number of nitrogens with zero attached hydrogens (tertiary/aromatic N) is 4. The van der Waals surface area contributed by atoms with Crippen LogP contribution in [0.4, 0.5) is 0 Å². The number of aromatic nitrogens is 5. The van der Waals surface area contributed by atoms with Crippen molar-refractivity contribution < 1.29 is 14.1 Å². The minimum absolute atomic E-state index is 0.202. The fourth-order valence-electron chi connectivity index (χ4n) is 4.37. The maximum absolute atomic E-state index is 12.9. The van der Waals surface area contributed by atoms with Crippen LogP contribution in [0.2, 0.25) is 5.02 Å². The third-order valence-electron chi connectivity index (χ3n) is 6.50. The largest absolute Gasteiger partial charge is 0.350 e. The van der Waals surface area contributed by atoms with Crippen LogP contribution in [0.25, 0.3) is 28.1 Å². The molecular formula is C26H22ClN7O3. The van der Waals surface area contributed by atoms with Gasteiger partial charge in [0.1, 0.15) is 11.2 Å². The van der Waals surface area contributed by atoms with Gasteiger partial charge in [-0.15, -0.1) is 0 Å². The summed E-state index contributed by atoms with van der Waals surface area (Å²) in [4.78, 5) is 29.6. The Kier molecular flexibility index (Phi) is 5.53. The molecule has 37 heavy (non-hydrogen) atoms. The molecule has 11 heteroatoms. The Bertz CT molecular complexity index is 1620. The van der Waals surface area contributed by atoms with E-state index in [0.717, 1.165) is 22.2 Å². The first kappa shape index (κ1) is 23.0. The van der Waals surface area contributed by atoms with E-state index in [0.29, 0.717) is 47.4 Å². The second-order valence-corrected chi connectivity index (χ2v) is 9.40. The van der Waals surface area contributed by atoms with Crippen molar-refractivity contribution in [2.75, 3.05) is 0 Å². The summed E-state index contributed by atoms with van der Waals surface area (Å²) in [6, 6.07) is 15.6. The molecule has 1 aliphatic rings. The van der Waals surface area contributed by atoms with Crippen molar-refractivity contribution in [3.63, 3.8) is 0 Å². The van der Waals surface area contributed by atoms with E-state index in [9.17, 15) is 9.59 Å². The van der Waals surface area contributed by atoms with Crippen LogP contribution in [0, 0.1) is 6.92 Å². The highest BCUT2D eigenvalue weighted by Gasteiger charge is 2.51. The molecule has 1 aliphatic carbocycles. The minimum Gasteiger partial charge on any atom is -0.350 e. The predicted molar refractivity (Wildman–Crippen MR) is 136 cm³/mol. The lowest BCUT2D eigenvalue weighted by atomic mass is 10.1. The molecule has 3 N–H and O–H groups in total. The average molecular weight is 516 g/mol. The Hall–Kier alpha value is -4.44. The Balaban J connectivity index is 1.21. The molecule has 0 bridgehead atoms. The quantitative estimate of drug-likeness (QED) is 0.301. The third-order valence-corrected chi connectivity index (χ3v) is 6.88. The molecule has 1 fully saturated rings. The van der Waals surface area contributed by atoms with Gasteiger partial charge >= 0.3 is 0 Å². The molecule has 3 aromatic heterocycles. The molecular weight excluding hydrogens is 494 g/mol. The number of H-pyrrole nitrogens is 1. The summed E-state index contributed by atoms with van der Waals surface area (Å²) in [6.45, 7) is 2.06. The van der Waals surface area contributed by atoms with Gasteiger partial charge in [-0.3, -0.25) is 14.7 Å². The van der Waals surface area contributed by atoms with Gasteiger partial charge < -0.3 is 19.7 Å². The zero-order valence-electron chi connectivity index (χ0n) is 19.8. The number of hydrogen-bond acceptors (Lipinski definition) is 6. The molecule has 0 atom stereocenters. The predicted octanol–water partition coefficient (Wildman–Crippen LogP) is 3.94. The van der Waals surface area contributed by atoms with E-state index in [-0.39, 0.29) is 11.8 Å². The van der Waals surface area contributed by atoms with Crippen molar-refractivity contribution in [1.82, 2.24) is 35.5 Å². The number of rotatable bonds is 7. The van der Waals surface area contributed by atoms with Crippen molar-refractivity contribution in [3.8, 4) is 17.2 Å². The van der Waals surface area contributed by atoms with E-state index in [4.69, 9.17) is 16.1 Å². The molecule has 2 amide bonds. The van der Waals surface area contributed by atoms with Crippen LogP contribution >= 0.6 is 11.6 Å². The van der Waals surface area contributed by atoms with Crippen molar-refractivity contribution in [2.45, 2.75) is 31.8 Å². The molecule has 6 rings (SSSR count). The van der Waals surface area contributed by atoms with Gasteiger partial charge in [-0.25, -0.2) is 0 Å². The average Bonchev–Trinajstić information content (AvgIpc) is 3.25. The normalized spacial score (nSPS) is 14.0. The number of carbonyl (C=O) groups is 2. The Labute approximate surface area is 216 Å². The maximum atomic E-state index is 12.9. The number of aryl methyl sites for hydroxylation is 1. The minimum atomic E-state index is -0.868. The monoisotopic (exact) mass is 515 g/mol. The first-order valence-electron chi connectivity index (χ1n) is 11.7. The lowest BCUT2D eigenvalue weighted by Gasteiger charge is -2.17. The van der Waals surface area contributed by atoms with Crippen molar-refractivity contribution in [3.05, 3.63) is 83.0 Å². The number of carbonyl (C=O) groups excluding carboxylic acids is 2. The van der Waals surface area contributed by atoms with Crippen LogP contribution in [0.3, 0.4) is 0 Å². The van der Waals surface area contributed by atoms with Gasteiger partial charge in [0.15, 0.2) is 0 Å². The van der Waals surface area contributed by atoms with E-state index < -0.39 is 5.54 Å². The van der Waals surface area contributed by atoms with Gasteiger partial charge in [-0.1, -0.05) is 47.1 Å². The van der Waals surface area contributed by atoms with Gasteiger partial charge in [0.05, 0.1) is 22.3 Å². The van der Waals surface area contributed by atoms with Gasteiger partial charge in [-0.05, 0) is 36.6 Å². The molecule has 1 saturated carbocycles. The zero-order valence-corrected chi connectivity index (χ0v) is 20.5. The SMILES string of the molecule is Cc1nc(-c2c(Cl)c3ccccc3n2-c2ccc(CNC(=O)C3(NC(=O)c4cn[nH]c4)CC3)cc2)no1. The number of halogens is 1. The van der Waals surface area contributed by atoms with Crippen molar-refractivity contribution >= 4 is 34.3 Å².